The highest BCUT2D eigenvalue weighted by Crippen LogP contribution is 1.79. The predicted octanol–water partition coefficient (Wildman–Crippen LogP) is 0.210. The van der Waals surface area contributed by atoms with Crippen LogP contribution in [-0.4, -0.2) is 37.7 Å². The van der Waals surface area contributed by atoms with Crippen molar-refractivity contribution in [1.29, 1.82) is 0 Å². The van der Waals surface area contributed by atoms with E-state index >= 15 is 0 Å². The van der Waals surface area contributed by atoms with Crippen molar-refractivity contribution in [3.63, 3.8) is 0 Å². The summed E-state index contributed by atoms with van der Waals surface area (Å²) >= 11 is 0. The average Bonchev–Trinajstić information content (AvgIpc) is 2.07. The van der Waals surface area contributed by atoms with Crippen LogP contribution < -0.4 is 4.90 Å². The van der Waals surface area contributed by atoms with Gasteiger partial charge in [-0.3, -0.25) is 4.90 Å². The molecule has 0 aliphatic heterocycles. The maximum atomic E-state index is 2.47. The predicted molar refractivity (Wildman–Crippen MR) is 49.8 cm³/mol. The molecule has 0 aromatic rings. The van der Waals surface area contributed by atoms with Crippen molar-refractivity contribution in [2.45, 2.75) is 27.7 Å². The monoisotopic (exact) mass is 159 g/mol. The van der Waals surface area contributed by atoms with Crippen molar-refractivity contribution in [3.05, 3.63) is 0 Å². The molecule has 68 valence electrons. The highest BCUT2D eigenvalue weighted by atomic mass is 15.3. The lowest BCUT2D eigenvalue weighted by Gasteiger charge is -2.23. The molecule has 0 radical (unpaired) electrons. The quantitative estimate of drug-likeness (QED) is 0.544. The molecule has 0 spiro atoms. The van der Waals surface area contributed by atoms with Crippen LogP contribution >= 0.6 is 0 Å². The molecule has 0 atom stereocenters. The highest BCUT2D eigenvalue weighted by molar-refractivity contribution is 4.41. The lowest BCUT2D eigenvalue weighted by molar-refractivity contribution is -0.906. The molecule has 0 saturated heterocycles. The Balaban J connectivity index is 3.58. The Hall–Kier alpha value is -0.0800. The summed E-state index contributed by atoms with van der Waals surface area (Å²) in [5.74, 6) is 0. The Morgan fingerprint density at radius 3 is 1.64 bits per heavy atom. The van der Waals surface area contributed by atoms with Crippen LogP contribution in [0.4, 0.5) is 0 Å². The van der Waals surface area contributed by atoms with E-state index in [2.05, 4.69) is 32.6 Å². The Bertz CT molecular complexity index is 65.6. The minimum Gasteiger partial charge on any atom is -0.323 e. The van der Waals surface area contributed by atoms with E-state index in [1.165, 1.54) is 32.8 Å². The number of nitrogens with zero attached hydrogens (tertiary/aromatic N) is 1. The third-order valence-corrected chi connectivity index (χ3v) is 2.34. The smallest absolute Gasteiger partial charge is 0.133 e. The summed E-state index contributed by atoms with van der Waals surface area (Å²) in [4.78, 5) is 4.15. The van der Waals surface area contributed by atoms with Gasteiger partial charge in [0.1, 0.15) is 6.67 Å². The summed E-state index contributed by atoms with van der Waals surface area (Å²) in [5.41, 5.74) is 0. The molecule has 0 aliphatic carbocycles. The van der Waals surface area contributed by atoms with E-state index in [0.717, 1.165) is 0 Å². The van der Waals surface area contributed by atoms with Crippen molar-refractivity contribution in [2.75, 3.05) is 32.8 Å². The molecule has 0 saturated carbocycles. The molecule has 0 bridgehead atoms. The molecular weight excluding hydrogens is 136 g/mol. The normalized spacial score (nSPS) is 11.5. The number of nitrogens with one attached hydrogen (secondary N) is 1. The van der Waals surface area contributed by atoms with Crippen molar-refractivity contribution < 1.29 is 4.90 Å². The molecule has 0 aromatic carbocycles. The Labute approximate surface area is 71.2 Å². The van der Waals surface area contributed by atoms with E-state index in [-0.39, 0.29) is 0 Å². The summed E-state index contributed by atoms with van der Waals surface area (Å²) < 4.78 is 0. The molecule has 0 unspecified atom stereocenters. The van der Waals surface area contributed by atoms with Gasteiger partial charge in [-0.1, -0.05) is 13.8 Å². The van der Waals surface area contributed by atoms with Crippen molar-refractivity contribution >= 4 is 0 Å². The first kappa shape index (κ1) is 10.9. The van der Waals surface area contributed by atoms with Gasteiger partial charge in [0.25, 0.3) is 0 Å². The molecule has 0 heterocycles. The summed E-state index contributed by atoms with van der Waals surface area (Å²) in [7, 11) is 0. The summed E-state index contributed by atoms with van der Waals surface area (Å²) in [6.45, 7) is 15.0. The van der Waals surface area contributed by atoms with Crippen LogP contribution in [0.1, 0.15) is 27.7 Å². The minimum atomic E-state index is 1.18. The van der Waals surface area contributed by atoms with Gasteiger partial charge in [-0.2, -0.15) is 0 Å². The largest absolute Gasteiger partial charge is 0.323 e. The molecule has 11 heavy (non-hydrogen) atoms. The van der Waals surface area contributed by atoms with Crippen molar-refractivity contribution in [2.24, 2.45) is 0 Å². The van der Waals surface area contributed by atoms with Gasteiger partial charge in [0.05, 0.1) is 13.1 Å². The Morgan fingerprint density at radius 2 is 1.36 bits per heavy atom. The Morgan fingerprint density at radius 1 is 0.909 bits per heavy atom. The van der Waals surface area contributed by atoms with Crippen LogP contribution in [0.2, 0.25) is 0 Å². The van der Waals surface area contributed by atoms with Gasteiger partial charge in [0, 0.05) is 13.1 Å². The lowest BCUT2D eigenvalue weighted by atomic mass is 10.5. The van der Waals surface area contributed by atoms with Crippen LogP contribution in [0.15, 0.2) is 0 Å². The highest BCUT2D eigenvalue weighted by Gasteiger charge is 2.06. The second kappa shape index (κ2) is 6.62. The third kappa shape index (κ3) is 4.38. The molecule has 1 N–H and O–H groups in total. The molecule has 0 aromatic heterocycles. The summed E-state index contributed by atoms with van der Waals surface area (Å²) in [6, 6.07) is 0. The fourth-order valence-electron chi connectivity index (χ4n) is 1.24. The molecular formula is C9H23N2+. The zero-order valence-corrected chi connectivity index (χ0v) is 8.48. The number of hydrogen-bond acceptors (Lipinski definition) is 1. The van der Waals surface area contributed by atoms with Crippen molar-refractivity contribution in [3.8, 4) is 0 Å². The first-order valence-electron chi connectivity index (χ1n) is 4.84. The van der Waals surface area contributed by atoms with Gasteiger partial charge < -0.3 is 4.90 Å². The third-order valence-electron chi connectivity index (χ3n) is 2.34. The van der Waals surface area contributed by atoms with E-state index in [1.54, 1.807) is 4.90 Å². The SMILES string of the molecule is CCN(CC)C[NH+](CC)CC. The lowest BCUT2D eigenvalue weighted by Crippen LogP contribution is -3.12. The van der Waals surface area contributed by atoms with Crippen molar-refractivity contribution in [1.82, 2.24) is 4.90 Å². The molecule has 0 rings (SSSR count). The summed E-state index contributed by atoms with van der Waals surface area (Å²) in [6.07, 6.45) is 0. The zero-order valence-electron chi connectivity index (χ0n) is 8.48. The van der Waals surface area contributed by atoms with Gasteiger partial charge in [0.2, 0.25) is 0 Å². The number of quaternary nitrogens is 1. The standard InChI is InChI=1S/C9H22N2/c1-5-10(6-2)9-11(7-3)8-4/h5-9H2,1-4H3/p+1. The first-order chi connectivity index (χ1) is 5.28. The van der Waals surface area contributed by atoms with E-state index < -0.39 is 0 Å². The van der Waals surface area contributed by atoms with Crippen LogP contribution in [0.3, 0.4) is 0 Å². The van der Waals surface area contributed by atoms with Gasteiger partial charge in [-0.05, 0) is 13.8 Å². The fraction of sp³-hybridized carbons (Fsp3) is 1.00. The number of rotatable bonds is 6. The molecule has 2 nitrogen and oxygen atoms in total. The van der Waals surface area contributed by atoms with Crippen LogP contribution in [0.25, 0.3) is 0 Å². The molecule has 2 heteroatoms. The van der Waals surface area contributed by atoms with E-state index in [0.29, 0.717) is 0 Å². The molecule has 0 fully saturated rings. The van der Waals surface area contributed by atoms with E-state index in [4.69, 9.17) is 0 Å². The maximum absolute atomic E-state index is 2.47. The average molecular weight is 159 g/mol. The summed E-state index contributed by atoms with van der Waals surface area (Å²) in [5, 5.41) is 0. The minimum absolute atomic E-state index is 1.18. The second-order valence-electron chi connectivity index (χ2n) is 2.92. The van der Waals surface area contributed by atoms with E-state index in [1.807, 2.05) is 0 Å². The molecule has 0 aliphatic rings. The zero-order chi connectivity index (χ0) is 8.69. The maximum Gasteiger partial charge on any atom is 0.133 e. The van der Waals surface area contributed by atoms with Gasteiger partial charge in [0.15, 0.2) is 0 Å². The van der Waals surface area contributed by atoms with Gasteiger partial charge in [-0.25, -0.2) is 0 Å². The fourth-order valence-corrected chi connectivity index (χ4v) is 1.24. The Kier molecular flexibility index (Phi) is 6.57. The van der Waals surface area contributed by atoms with Gasteiger partial charge in [-0.15, -0.1) is 0 Å². The number of hydrogen-bond donors (Lipinski definition) is 1. The van der Waals surface area contributed by atoms with Crippen LogP contribution in [0, 0.1) is 0 Å². The van der Waals surface area contributed by atoms with E-state index in [9.17, 15) is 0 Å². The first-order valence-corrected chi connectivity index (χ1v) is 4.84. The van der Waals surface area contributed by atoms with Crippen LogP contribution in [0.5, 0.6) is 0 Å². The second-order valence-corrected chi connectivity index (χ2v) is 2.92. The topological polar surface area (TPSA) is 7.68 Å². The van der Waals surface area contributed by atoms with Gasteiger partial charge >= 0.3 is 0 Å². The molecule has 0 amide bonds. The van der Waals surface area contributed by atoms with Crippen LogP contribution in [-0.2, 0) is 0 Å².